The van der Waals surface area contributed by atoms with Gasteiger partial charge < -0.3 is 19.9 Å². The van der Waals surface area contributed by atoms with Crippen LogP contribution in [0, 0.1) is 6.92 Å². The first-order chi connectivity index (χ1) is 15.1. The van der Waals surface area contributed by atoms with Crippen molar-refractivity contribution in [1.29, 1.82) is 0 Å². The first-order valence-electron chi connectivity index (χ1n) is 10.4. The third-order valence-electron chi connectivity index (χ3n) is 5.24. The summed E-state index contributed by atoms with van der Waals surface area (Å²) in [5, 5.41) is 5.95. The largest absolute Gasteiger partial charge is 0.487 e. The van der Waals surface area contributed by atoms with E-state index >= 15 is 0 Å². The Balaban J connectivity index is 1.29. The molecule has 1 aromatic carbocycles. The molecule has 7 nitrogen and oxygen atoms in total. The summed E-state index contributed by atoms with van der Waals surface area (Å²) in [5.74, 6) is 1.50. The average molecular weight is 438 g/mol. The van der Waals surface area contributed by atoms with Gasteiger partial charge in [0, 0.05) is 49.9 Å². The highest BCUT2D eigenvalue weighted by molar-refractivity contribution is 7.09. The molecule has 0 spiro atoms. The topological polar surface area (TPSA) is 70.6 Å². The number of pyridine rings is 1. The van der Waals surface area contributed by atoms with Gasteiger partial charge >= 0.3 is 0 Å². The predicted molar refractivity (Wildman–Crippen MR) is 123 cm³/mol. The van der Waals surface area contributed by atoms with Gasteiger partial charge in [-0.25, -0.2) is 9.97 Å². The number of amides is 1. The summed E-state index contributed by atoms with van der Waals surface area (Å²) in [7, 11) is 2.14. The highest BCUT2D eigenvalue weighted by Crippen LogP contribution is 2.17. The lowest BCUT2D eigenvalue weighted by molar-refractivity contribution is 0.0950. The first-order valence-corrected chi connectivity index (χ1v) is 11.3. The Morgan fingerprint density at radius 3 is 2.74 bits per heavy atom. The highest BCUT2D eigenvalue weighted by atomic mass is 32.1. The zero-order valence-electron chi connectivity index (χ0n) is 17.9. The van der Waals surface area contributed by atoms with Crippen LogP contribution in [0.25, 0.3) is 0 Å². The van der Waals surface area contributed by atoms with E-state index in [-0.39, 0.29) is 5.91 Å². The van der Waals surface area contributed by atoms with Crippen molar-refractivity contribution in [2.75, 3.05) is 38.1 Å². The van der Waals surface area contributed by atoms with Crippen LogP contribution < -0.4 is 15.0 Å². The second-order valence-corrected chi connectivity index (χ2v) is 8.73. The molecule has 0 aliphatic carbocycles. The number of carbonyl (C=O) groups is 1. The average Bonchev–Trinajstić information content (AvgIpc) is 3.22. The van der Waals surface area contributed by atoms with Gasteiger partial charge in [0.1, 0.15) is 18.2 Å². The molecular formula is C23H27N5O2S. The maximum Gasteiger partial charge on any atom is 0.251 e. The Hall–Kier alpha value is -2.97. The summed E-state index contributed by atoms with van der Waals surface area (Å²) in [6, 6.07) is 11.3. The summed E-state index contributed by atoms with van der Waals surface area (Å²) >= 11 is 1.60. The minimum Gasteiger partial charge on any atom is -0.487 e. The first kappa shape index (κ1) is 21.3. The van der Waals surface area contributed by atoms with E-state index in [0.717, 1.165) is 48.3 Å². The van der Waals surface area contributed by atoms with Crippen molar-refractivity contribution in [3.05, 3.63) is 69.8 Å². The summed E-state index contributed by atoms with van der Waals surface area (Å²) in [4.78, 5) is 26.2. The van der Waals surface area contributed by atoms with Gasteiger partial charge in [-0.1, -0.05) is 12.1 Å². The van der Waals surface area contributed by atoms with E-state index in [4.69, 9.17) is 4.74 Å². The normalized spacial score (nSPS) is 14.5. The molecule has 31 heavy (non-hydrogen) atoms. The number of rotatable bonds is 7. The minimum atomic E-state index is -0.141. The van der Waals surface area contributed by atoms with Crippen LogP contribution in [0.2, 0.25) is 0 Å². The number of likely N-dealkylation sites (N-methyl/N-ethyl adjacent to an activating group) is 1. The van der Waals surface area contributed by atoms with Gasteiger partial charge in [0.15, 0.2) is 0 Å². The summed E-state index contributed by atoms with van der Waals surface area (Å²) in [5.41, 5.74) is 2.43. The molecule has 1 aliphatic rings. The van der Waals surface area contributed by atoms with E-state index < -0.39 is 0 Å². The van der Waals surface area contributed by atoms with Crippen LogP contribution in [0.1, 0.15) is 26.6 Å². The van der Waals surface area contributed by atoms with Crippen LogP contribution in [0.15, 0.2) is 48.0 Å². The van der Waals surface area contributed by atoms with E-state index in [9.17, 15) is 4.79 Å². The van der Waals surface area contributed by atoms with Crippen molar-refractivity contribution >= 4 is 23.1 Å². The summed E-state index contributed by atoms with van der Waals surface area (Å²) in [6.45, 7) is 6.85. The molecule has 1 amide bonds. The molecule has 0 atom stereocenters. The van der Waals surface area contributed by atoms with Crippen molar-refractivity contribution in [2.24, 2.45) is 0 Å². The van der Waals surface area contributed by atoms with Gasteiger partial charge in [-0.15, -0.1) is 11.3 Å². The Kier molecular flexibility index (Phi) is 6.79. The number of piperazine rings is 1. The van der Waals surface area contributed by atoms with Crippen molar-refractivity contribution in [3.63, 3.8) is 0 Å². The molecule has 3 aromatic rings. The van der Waals surface area contributed by atoms with E-state index in [0.29, 0.717) is 24.5 Å². The number of carbonyl (C=O) groups excluding carboxylic acids is 1. The van der Waals surface area contributed by atoms with Gasteiger partial charge in [0.05, 0.1) is 10.7 Å². The second-order valence-electron chi connectivity index (χ2n) is 7.67. The van der Waals surface area contributed by atoms with Crippen LogP contribution in [0.3, 0.4) is 0 Å². The number of aromatic nitrogens is 2. The molecule has 0 radical (unpaired) electrons. The van der Waals surface area contributed by atoms with Gasteiger partial charge in [0.25, 0.3) is 5.91 Å². The van der Waals surface area contributed by atoms with Crippen LogP contribution in [0.5, 0.6) is 5.75 Å². The third-order valence-corrected chi connectivity index (χ3v) is 6.06. The third kappa shape index (κ3) is 5.80. The summed E-state index contributed by atoms with van der Waals surface area (Å²) < 4.78 is 5.78. The fourth-order valence-corrected chi connectivity index (χ4v) is 3.98. The molecule has 1 N–H and O–H groups in total. The molecule has 1 aliphatic heterocycles. The Morgan fingerprint density at radius 2 is 2.03 bits per heavy atom. The molecule has 4 rings (SSSR count). The SMILES string of the molecule is Cc1nc(COc2cccc(C(=O)NCc3ccc(N4CCN(C)CC4)nc3)c2)cs1. The van der Waals surface area contributed by atoms with Crippen molar-refractivity contribution < 1.29 is 9.53 Å². The van der Waals surface area contributed by atoms with Gasteiger partial charge in [0.2, 0.25) is 0 Å². The van der Waals surface area contributed by atoms with E-state index in [2.05, 4.69) is 32.1 Å². The standard InChI is InChI=1S/C23H27N5O2S/c1-17-26-20(16-31-17)15-30-21-5-3-4-19(12-21)23(29)25-14-18-6-7-22(24-13-18)28-10-8-27(2)9-11-28/h3-7,12-13,16H,8-11,14-15H2,1-2H3,(H,25,29). The van der Waals surface area contributed by atoms with Crippen molar-refractivity contribution in [3.8, 4) is 5.75 Å². The fourth-order valence-electron chi connectivity index (χ4n) is 3.39. The van der Waals surface area contributed by atoms with Gasteiger partial charge in [-0.2, -0.15) is 0 Å². The molecule has 0 unspecified atom stereocenters. The smallest absolute Gasteiger partial charge is 0.251 e. The molecule has 2 aromatic heterocycles. The number of hydrogen-bond donors (Lipinski definition) is 1. The van der Waals surface area contributed by atoms with Crippen LogP contribution >= 0.6 is 11.3 Å². The number of hydrogen-bond acceptors (Lipinski definition) is 7. The van der Waals surface area contributed by atoms with Crippen molar-refractivity contribution in [2.45, 2.75) is 20.1 Å². The van der Waals surface area contributed by atoms with Crippen molar-refractivity contribution in [1.82, 2.24) is 20.2 Å². The van der Waals surface area contributed by atoms with E-state index in [1.165, 1.54) is 0 Å². The lowest BCUT2D eigenvalue weighted by atomic mass is 10.2. The maximum absolute atomic E-state index is 12.6. The number of nitrogens with one attached hydrogen (secondary N) is 1. The molecule has 8 heteroatoms. The van der Waals surface area contributed by atoms with Crippen LogP contribution in [-0.2, 0) is 13.2 Å². The van der Waals surface area contributed by atoms with E-state index in [1.54, 1.807) is 23.5 Å². The second kappa shape index (κ2) is 9.89. The minimum absolute atomic E-state index is 0.141. The molecule has 0 bridgehead atoms. The van der Waals surface area contributed by atoms with Crippen LogP contribution in [0.4, 0.5) is 5.82 Å². The zero-order valence-corrected chi connectivity index (χ0v) is 18.7. The lowest BCUT2D eigenvalue weighted by Crippen LogP contribution is -2.44. The number of thiazole rings is 1. The number of anilines is 1. The summed E-state index contributed by atoms with van der Waals surface area (Å²) in [6.07, 6.45) is 1.84. The maximum atomic E-state index is 12.6. The highest BCUT2D eigenvalue weighted by Gasteiger charge is 2.15. The quantitative estimate of drug-likeness (QED) is 0.613. The number of nitrogens with zero attached hydrogens (tertiary/aromatic N) is 4. The Morgan fingerprint density at radius 1 is 1.19 bits per heavy atom. The molecule has 162 valence electrons. The molecule has 1 saturated heterocycles. The van der Waals surface area contributed by atoms with E-state index in [1.807, 2.05) is 42.8 Å². The molecule has 3 heterocycles. The number of ether oxygens (including phenoxy) is 1. The van der Waals surface area contributed by atoms with Crippen LogP contribution in [-0.4, -0.2) is 54.0 Å². The Labute approximate surface area is 186 Å². The Bertz CT molecular complexity index is 1010. The van der Waals surface area contributed by atoms with Gasteiger partial charge in [-0.3, -0.25) is 4.79 Å². The van der Waals surface area contributed by atoms with Gasteiger partial charge in [-0.05, 0) is 43.8 Å². The lowest BCUT2D eigenvalue weighted by Gasteiger charge is -2.33. The molecular weight excluding hydrogens is 410 g/mol. The molecule has 0 saturated carbocycles. The predicted octanol–water partition coefficient (Wildman–Crippen LogP) is 3.11. The number of benzene rings is 1. The zero-order chi connectivity index (χ0) is 21.6. The molecule has 1 fully saturated rings. The fraction of sp³-hybridized carbons (Fsp3) is 0.348. The monoisotopic (exact) mass is 437 g/mol. The number of aryl methyl sites for hydroxylation is 1.